The van der Waals surface area contributed by atoms with Gasteiger partial charge in [0, 0.05) is 37.4 Å². The van der Waals surface area contributed by atoms with Crippen LogP contribution >= 0.6 is 12.4 Å². The van der Waals surface area contributed by atoms with E-state index < -0.39 is 36.0 Å². The van der Waals surface area contributed by atoms with Crippen molar-refractivity contribution >= 4 is 36.0 Å². The molecule has 0 spiro atoms. The summed E-state index contributed by atoms with van der Waals surface area (Å²) in [6.45, 7) is 9.19. The molecule has 13 nitrogen and oxygen atoms in total. The summed E-state index contributed by atoms with van der Waals surface area (Å²) in [5.41, 5.74) is 8.60. The standard InChI is InChI=1S/C41H61N5O6.ClH.2H2O/c1-26(2)17-34(40(50)45-33(19-28-11-7-5-8-12-28)36(47)22-38(48)43-24-27(3)4)46-41(51)35(20-29-13-9-6-10-14-29)44-39(49)21-31-25-52-37-16-15-30(23-42)18-32(31)37;;;/h6,9-10,13-16,18,26-28,31,33-36,47H,5,7-8,11-12,17,19-25,42H2,1-4H3,(H,43,48)(H,44,49)(H,45,50)(H,46,51);1H;2*1H2/t31?,33-,34-,35-,36-;;;/m0.../s1. The van der Waals surface area contributed by atoms with Gasteiger partial charge in [0.2, 0.25) is 23.6 Å². The first-order valence-electron chi connectivity index (χ1n) is 19.3. The molecule has 2 aromatic carbocycles. The highest BCUT2D eigenvalue weighted by Gasteiger charge is 2.33. The Bertz CT molecular complexity index is 1470. The predicted molar refractivity (Wildman–Crippen MR) is 217 cm³/mol. The van der Waals surface area contributed by atoms with Gasteiger partial charge >= 0.3 is 0 Å². The van der Waals surface area contributed by atoms with Gasteiger partial charge in [-0.05, 0) is 47.8 Å². The number of rotatable bonds is 19. The maximum atomic E-state index is 14.1. The van der Waals surface area contributed by atoms with E-state index in [0.717, 1.165) is 48.1 Å². The highest BCUT2D eigenvalue weighted by Crippen LogP contribution is 2.36. The summed E-state index contributed by atoms with van der Waals surface area (Å²) >= 11 is 0. The van der Waals surface area contributed by atoms with Crippen LogP contribution < -0.4 is 31.7 Å². The van der Waals surface area contributed by atoms with Crippen LogP contribution in [0.15, 0.2) is 48.5 Å². The number of nitrogens with two attached hydrogens (primary N) is 1. The molecule has 2 aliphatic rings. The Labute approximate surface area is 332 Å². The molecule has 11 N–H and O–H groups in total. The first-order valence-corrected chi connectivity index (χ1v) is 19.3. The van der Waals surface area contributed by atoms with Gasteiger partial charge in [0.1, 0.15) is 17.8 Å². The van der Waals surface area contributed by atoms with Crippen LogP contribution in [0.3, 0.4) is 0 Å². The number of aliphatic hydroxyl groups is 1. The SMILES string of the molecule is CC(C)CNC(=O)C[C@H](O)[C@H](CC1CCCCC1)NC(=O)[C@H](CC(C)C)NC(=O)[C@H](Cc1ccccc1)NC(=O)CC1COc2ccc(CN)cc21.Cl.O.O. The van der Waals surface area contributed by atoms with Gasteiger partial charge in [-0.2, -0.15) is 0 Å². The van der Waals surface area contributed by atoms with E-state index in [2.05, 4.69) is 21.3 Å². The molecule has 1 aliphatic carbocycles. The van der Waals surface area contributed by atoms with Crippen molar-refractivity contribution in [2.24, 2.45) is 23.5 Å². The van der Waals surface area contributed by atoms with Crippen molar-refractivity contribution in [2.45, 2.75) is 129 Å². The number of aliphatic hydroxyl groups excluding tert-OH is 1. The van der Waals surface area contributed by atoms with Gasteiger partial charge in [-0.25, -0.2) is 0 Å². The van der Waals surface area contributed by atoms with Crippen molar-refractivity contribution in [1.82, 2.24) is 21.3 Å². The van der Waals surface area contributed by atoms with Gasteiger partial charge in [-0.1, -0.05) is 102 Å². The molecule has 14 heteroatoms. The molecule has 1 saturated carbocycles. The molecule has 1 heterocycles. The Hall–Kier alpha value is -3.75. The fourth-order valence-corrected chi connectivity index (χ4v) is 7.24. The topological polar surface area (TPSA) is 235 Å². The predicted octanol–water partition coefficient (Wildman–Crippen LogP) is 3.02. The van der Waals surface area contributed by atoms with Crippen molar-refractivity contribution in [2.75, 3.05) is 13.2 Å². The van der Waals surface area contributed by atoms with Crippen molar-refractivity contribution in [3.63, 3.8) is 0 Å². The normalized spacial score (nSPS) is 17.1. The molecule has 0 radical (unpaired) electrons. The van der Waals surface area contributed by atoms with Crippen LogP contribution in [0, 0.1) is 17.8 Å². The fourth-order valence-electron chi connectivity index (χ4n) is 7.24. The number of carbonyl (C=O) groups is 4. The summed E-state index contributed by atoms with van der Waals surface area (Å²) in [5.74, 6) is -0.227. The highest BCUT2D eigenvalue weighted by molar-refractivity contribution is 5.92. The van der Waals surface area contributed by atoms with Gasteiger partial charge in [-0.15, -0.1) is 12.4 Å². The zero-order valence-corrected chi connectivity index (χ0v) is 33.7. The number of halogens is 1. The summed E-state index contributed by atoms with van der Waals surface area (Å²) in [5, 5.41) is 23.1. The molecule has 4 rings (SSSR count). The molecule has 310 valence electrons. The lowest BCUT2D eigenvalue weighted by molar-refractivity contribution is -0.133. The van der Waals surface area contributed by atoms with Gasteiger partial charge in [0.15, 0.2) is 0 Å². The summed E-state index contributed by atoms with van der Waals surface area (Å²) in [7, 11) is 0. The Morgan fingerprint density at radius 3 is 2.15 bits per heavy atom. The van der Waals surface area contributed by atoms with E-state index in [1.165, 1.54) is 6.42 Å². The summed E-state index contributed by atoms with van der Waals surface area (Å²) in [4.78, 5) is 54.3. The molecule has 2 aromatic rings. The van der Waals surface area contributed by atoms with Crippen molar-refractivity contribution < 1.29 is 40.0 Å². The van der Waals surface area contributed by atoms with E-state index in [9.17, 15) is 24.3 Å². The fraction of sp³-hybridized carbons (Fsp3) is 0.610. The quantitative estimate of drug-likeness (QED) is 0.124. The molecule has 0 bridgehead atoms. The van der Waals surface area contributed by atoms with Crippen molar-refractivity contribution in [3.05, 3.63) is 65.2 Å². The summed E-state index contributed by atoms with van der Waals surface area (Å²) in [6, 6.07) is 12.7. The van der Waals surface area contributed by atoms with Gasteiger partial charge < -0.3 is 47.8 Å². The second kappa shape index (κ2) is 24.7. The van der Waals surface area contributed by atoms with E-state index in [1.54, 1.807) is 0 Å². The third-order valence-electron chi connectivity index (χ3n) is 10.1. The second-order valence-corrected chi connectivity index (χ2v) is 15.6. The Balaban J connectivity index is 0.00000504. The van der Waals surface area contributed by atoms with E-state index in [1.807, 2.05) is 76.2 Å². The molecular formula is C41H66ClN5O8. The summed E-state index contributed by atoms with van der Waals surface area (Å²) < 4.78 is 5.83. The van der Waals surface area contributed by atoms with Crippen LogP contribution in [0.5, 0.6) is 5.75 Å². The molecule has 1 unspecified atom stereocenters. The zero-order valence-electron chi connectivity index (χ0n) is 32.9. The lowest BCUT2D eigenvalue weighted by Gasteiger charge is -2.32. The Morgan fingerprint density at radius 2 is 1.51 bits per heavy atom. The molecule has 55 heavy (non-hydrogen) atoms. The van der Waals surface area contributed by atoms with Crippen LogP contribution in [0.25, 0.3) is 0 Å². The zero-order chi connectivity index (χ0) is 37.6. The summed E-state index contributed by atoms with van der Waals surface area (Å²) in [6.07, 6.45) is 5.47. The average Bonchev–Trinajstić information content (AvgIpc) is 3.51. The largest absolute Gasteiger partial charge is 0.493 e. The van der Waals surface area contributed by atoms with Crippen LogP contribution in [0.2, 0.25) is 0 Å². The molecular weight excluding hydrogens is 726 g/mol. The maximum Gasteiger partial charge on any atom is 0.243 e. The van der Waals surface area contributed by atoms with E-state index in [4.69, 9.17) is 10.5 Å². The number of benzene rings is 2. The van der Waals surface area contributed by atoms with Crippen LogP contribution in [-0.4, -0.2) is 77.1 Å². The number of hydrogen-bond acceptors (Lipinski definition) is 7. The molecule has 0 saturated heterocycles. The number of carbonyl (C=O) groups excluding carboxylic acids is 4. The van der Waals surface area contributed by atoms with E-state index >= 15 is 0 Å². The van der Waals surface area contributed by atoms with Gasteiger partial charge in [0.05, 0.1) is 25.2 Å². The smallest absolute Gasteiger partial charge is 0.243 e. The highest BCUT2D eigenvalue weighted by atomic mass is 35.5. The molecule has 0 aromatic heterocycles. The number of fused-ring (bicyclic) bond motifs is 1. The number of amides is 4. The van der Waals surface area contributed by atoms with E-state index in [0.29, 0.717) is 38.5 Å². The number of ether oxygens (including phenoxy) is 1. The second-order valence-electron chi connectivity index (χ2n) is 15.6. The Morgan fingerprint density at radius 1 is 0.836 bits per heavy atom. The molecule has 1 fully saturated rings. The lowest BCUT2D eigenvalue weighted by atomic mass is 9.83. The third kappa shape index (κ3) is 16.1. The van der Waals surface area contributed by atoms with Crippen LogP contribution in [0.4, 0.5) is 0 Å². The van der Waals surface area contributed by atoms with Crippen LogP contribution in [-0.2, 0) is 32.1 Å². The number of hydrogen-bond donors (Lipinski definition) is 6. The first kappa shape index (κ1) is 49.3. The third-order valence-corrected chi connectivity index (χ3v) is 10.1. The molecule has 1 aliphatic heterocycles. The minimum Gasteiger partial charge on any atom is -0.493 e. The van der Waals surface area contributed by atoms with Gasteiger partial charge in [0.25, 0.3) is 0 Å². The average molecular weight is 792 g/mol. The first-order chi connectivity index (χ1) is 24.9. The molecule has 4 amide bonds. The lowest BCUT2D eigenvalue weighted by Crippen LogP contribution is -2.57. The van der Waals surface area contributed by atoms with Crippen molar-refractivity contribution in [1.29, 1.82) is 0 Å². The van der Waals surface area contributed by atoms with Crippen molar-refractivity contribution in [3.8, 4) is 5.75 Å². The van der Waals surface area contributed by atoms with E-state index in [-0.39, 0.29) is 72.2 Å². The number of nitrogens with one attached hydrogen (secondary N) is 4. The monoisotopic (exact) mass is 791 g/mol. The Kier molecular flexibility index (Phi) is 22.1. The van der Waals surface area contributed by atoms with Crippen LogP contribution in [0.1, 0.15) is 108 Å². The molecule has 5 atom stereocenters. The maximum absolute atomic E-state index is 14.1. The van der Waals surface area contributed by atoms with Gasteiger partial charge in [-0.3, -0.25) is 19.2 Å². The minimum absolute atomic E-state index is 0. The minimum atomic E-state index is -1.08.